The Kier molecular flexibility index (Phi) is 3.91. The SMILES string of the molecule is CC1CC(CNCC2(C(C)C)CC2)CCN1. The highest BCUT2D eigenvalue weighted by atomic mass is 14.9. The van der Waals surface area contributed by atoms with Gasteiger partial charge in [0.15, 0.2) is 0 Å². The normalized spacial score (nSPS) is 33.0. The molecular formula is C14H28N2. The van der Waals surface area contributed by atoms with Crippen LogP contribution in [-0.2, 0) is 0 Å². The van der Waals surface area contributed by atoms with Crippen LogP contribution < -0.4 is 10.6 Å². The Morgan fingerprint density at radius 3 is 2.69 bits per heavy atom. The third-order valence-corrected chi connectivity index (χ3v) is 4.76. The first-order valence-corrected chi connectivity index (χ1v) is 7.06. The Hall–Kier alpha value is -0.0800. The Morgan fingerprint density at radius 2 is 2.12 bits per heavy atom. The summed E-state index contributed by atoms with van der Waals surface area (Å²) in [7, 11) is 0. The van der Waals surface area contributed by atoms with Gasteiger partial charge in [0.05, 0.1) is 0 Å². The monoisotopic (exact) mass is 224 g/mol. The molecule has 0 radical (unpaired) electrons. The lowest BCUT2D eigenvalue weighted by Crippen LogP contribution is -2.40. The minimum absolute atomic E-state index is 0.665. The molecule has 2 heteroatoms. The van der Waals surface area contributed by atoms with Gasteiger partial charge in [-0.1, -0.05) is 13.8 Å². The molecule has 0 aromatic heterocycles. The number of hydrogen-bond donors (Lipinski definition) is 2. The van der Waals surface area contributed by atoms with E-state index in [1.54, 1.807) is 0 Å². The first-order chi connectivity index (χ1) is 7.62. The third-order valence-electron chi connectivity index (χ3n) is 4.76. The maximum absolute atomic E-state index is 3.73. The lowest BCUT2D eigenvalue weighted by atomic mass is 9.90. The van der Waals surface area contributed by atoms with Crippen molar-refractivity contribution in [2.75, 3.05) is 19.6 Å². The Bertz CT molecular complexity index is 221. The van der Waals surface area contributed by atoms with E-state index in [0.29, 0.717) is 5.41 Å². The van der Waals surface area contributed by atoms with Crippen molar-refractivity contribution in [3.8, 4) is 0 Å². The van der Waals surface area contributed by atoms with Crippen LogP contribution in [0.1, 0.15) is 46.5 Å². The van der Waals surface area contributed by atoms with Crippen LogP contribution in [0, 0.1) is 17.3 Å². The van der Waals surface area contributed by atoms with E-state index >= 15 is 0 Å². The van der Waals surface area contributed by atoms with Gasteiger partial charge in [0.2, 0.25) is 0 Å². The molecule has 2 fully saturated rings. The largest absolute Gasteiger partial charge is 0.316 e. The number of piperidine rings is 1. The van der Waals surface area contributed by atoms with Gasteiger partial charge in [-0.05, 0) is 62.9 Å². The predicted octanol–water partition coefficient (Wildman–Crippen LogP) is 2.40. The Balaban J connectivity index is 1.64. The molecule has 16 heavy (non-hydrogen) atoms. The van der Waals surface area contributed by atoms with Gasteiger partial charge in [-0.3, -0.25) is 0 Å². The summed E-state index contributed by atoms with van der Waals surface area (Å²) in [6.07, 6.45) is 5.59. The lowest BCUT2D eigenvalue weighted by molar-refractivity contribution is 0.280. The zero-order valence-corrected chi connectivity index (χ0v) is 11.2. The van der Waals surface area contributed by atoms with Crippen LogP contribution in [0.3, 0.4) is 0 Å². The Labute approximate surface area is 101 Å². The van der Waals surface area contributed by atoms with Crippen LogP contribution in [-0.4, -0.2) is 25.7 Å². The molecular weight excluding hydrogens is 196 g/mol. The first-order valence-electron chi connectivity index (χ1n) is 7.06. The predicted molar refractivity (Wildman–Crippen MR) is 69.6 cm³/mol. The smallest absolute Gasteiger partial charge is 0.00418 e. The molecule has 1 saturated heterocycles. The van der Waals surface area contributed by atoms with Crippen LogP contribution in [0.4, 0.5) is 0 Å². The zero-order valence-electron chi connectivity index (χ0n) is 11.2. The van der Waals surface area contributed by atoms with Gasteiger partial charge in [0, 0.05) is 12.6 Å². The van der Waals surface area contributed by atoms with E-state index in [1.165, 1.54) is 45.3 Å². The summed E-state index contributed by atoms with van der Waals surface area (Å²) < 4.78 is 0. The maximum atomic E-state index is 3.73. The number of hydrogen-bond acceptors (Lipinski definition) is 2. The molecule has 0 bridgehead atoms. The Morgan fingerprint density at radius 1 is 1.38 bits per heavy atom. The lowest BCUT2D eigenvalue weighted by Gasteiger charge is -2.29. The fraction of sp³-hybridized carbons (Fsp3) is 1.00. The molecule has 1 aliphatic carbocycles. The van der Waals surface area contributed by atoms with Crippen molar-refractivity contribution in [3.63, 3.8) is 0 Å². The van der Waals surface area contributed by atoms with E-state index in [1.807, 2.05) is 0 Å². The van der Waals surface area contributed by atoms with Crippen LogP contribution >= 0.6 is 0 Å². The summed E-state index contributed by atoms with van der Waals surface area (Å²) >= 11 is 0. The quantitative estimate of drug-likeness (QED) is 0.749. The standard InChI is InChI=1S/C14H28N2/c1-11(2)14(5-6-14)10-15-9-13-4-7-16-12(3)8-13/h11-13,15-16H,4-10H2,1-3H3. The summed E-state index contributed by atoms with van der Waals surface area (Å²) in [5, 5.41) is 7.25. The van der Waals surface area contributed by atoms with Crippen molar-refractivity contribution in [2.24, 2.45) is 17.3 Å². The summed E-state index contributed by atoms with van der Waals surface area (Å²) in [6.45, 7) is 10.8. The third kappa shape index (κ3) is 2.98. The highest BCUT2D eigenvalue weighted by Gasteiger charge is 2.44. The molecule has 2 atom stereocenters. The van der Waals surface area contributed by atoms with E-state index in [-0.39, 0.29) is 0 Å². The fourth-order valence-electron chi connectivity index (χ4n) is 3.06. The van der Waals surface area contributed by atoms with Crippen molar-refractivity contribution in [2.45, 2.75) is 52.5 Å². The van der Waals surface area contributed by atoms with Crippen molar-refractivity contribution in [1.29, 1.82) is 0 Å². The first kappa shape index (κ1) is 12.4. The van der Waals surface area contributed by atoms with Crippen molar-refractivity contribution >= 4 is 0 Å². The summed E-state index contributed by atoms with van der Waals surface area (Å²) in [5.41, 5.74) is 0.665. The summed E-state index contributed by atoms with van der Waals surface area (Å²) in [5.74, 6) is 1.76. The maximum Gasteiger partial charge on any atom is 0.00418 e. The molecule has 1 heterocycles. The molecule has 2 aliphatic rings. The van der Waals surface area contributed by atoms with Gasteiger partial charge >= 0.3 is 0 Å². The van der Waals surface area contributed by atoms with Gasteiger partial charge in [-0.2, -0.15) is 0 Å². The van der Waals surface area contributed by atoms with E-state index in [0.717, 1.165) is 17.9 Å². The molecule has 1 saturated carbocycles. The van der Waals surface area contributed by atoms with Crippen LogP contribution in [0.25, 0.3) is 0 Å². The highest BCUT2D eigenvalue weighted by Crippen LogP contribution is 2.51. The second kappa shape index (κ2) is 5.05. The molecule has 2 nitrogen and oxygen atoms in total. The molecule has 0 aromatic carbocycles. The van der Waals surface area contributed by atoms with Gasteiger partial charge in [-0.25, -0.2) is 0 Å². The van der Waals surface area contributed by atoms with E-state index in [9.17, 15) is 0 Å². The number of nitrogens with one attached hydrogen (secondary N) is 2. The van der Waals surface area contributed by atoms with Crippen molar-refractivity contribution in [3.05, 3.63) is 0 Å². The molecule has 94 valence electrons. The molecule has 0 aromatic rings. The van der Waals surface area contributed by atoms with E-state index in [4.69, 9.17) is 0 Å². The van der Waals surface area contributed by atoms with Crippen LogP contribution in [0.15, 0.2) is 0 Å². The molecule has 0 spiro atoms. The molecule has 2 unspecified atom stereocenters. The molecule has 1 aliphatic heterocycles. The second-order valence-electron chi connectivity index (χ2n) is 6.39. The summed E-state index contributed by atoms with van der Waals surface area (Å²) in [6, 6.07) is 0.723. The zero-order chi connectivity index (χ0) is 11.6. The van der Waals surface area contributed by atoms with Gasteiger partial charge in [0.25, 0.3) is 0 Å². The van der Waals surface area contributed by atoms with Gasteiger partial charge in [-0.15, -0.1) is 0 Å². The minimum atomic E-state index is 0.665. The molecule has 2 N–H and O–H groups in total. The van der Waals surface area contributed by atoms with Gasteiger partial charge < -0.3 is 10.6 Å². The van der Waals surface area contributed by atoms with E-state index in [2.05, 4.69) is 31.4 Å². The summed E-state index contributed by atoms with van der Waals surface area (Å²) in [4.78, 5) is 0. The fourth-order valence-corrected chi connectivity index (χ4v) is 3.06. The topological polar surface area (TPSA) is 24.1 Å². The second-order valence-corrected chi connectivity index (χ2v) is 6.39. The van der Waals surface area contributed by atoms with Crippen LogP contribution in [0.2, 0.25) is 0 Å². The van der Waals surface area contributed by atoms with Crippen molar-refractivity contribution < 1.29 is 0 Å². The van der Waals surface area contributed by atoms with Gasteiger partial charge in [0.1, 0.15) is 0 Å². The van der Waals surface area contributed by atoms with Crippen molar-refractivity contribution in [1.82, 2.24) is 10.6 Å². The average Bonchev–Trinajstić information content (AvgIpc) is 2.99. The van der Waals surface area contributed by atoms with E-state index < -0.39 is 0 Å². The highest BCUT2D eigenvalue weighted by molar-refractivity contribution is 4.97. The van der Waals surface area contributed by atoms with Crippen LogP contribution in [0.5, 0.6) is 0 Å². The minimum Gasteiger partial charge on any atom is -0.316 e. The molecule has 2 rings (SSSR count). The number of rotatable bonds is 5. The molecule has 0 amide bonds. The average molecular weight is 224 g/mol.